The van der Waals surface area contributed by atoms with Crippen LogP contribution in [-0.2, 0) is 0 Å². The number of carbonyl (C=O) groups excluding carboxylic acids is 2. The molecule has 4 rings (SSSR count). The lowest BCUT2D eigenvalue weighted by molar-refractivity contribution is 0.0995. The van der Waals surface area contributed by atoms with Gasteiger partial charge in [0.05, 0.1) is 11.4 Å². The van der Waals surface area contributed by atoms with E-state index in [2.05, 4.69) is 15.2 Å². The van der Waals surface area contributed by atoms with Gasteiger partial charge >= 0.3 is 0 Å². The van der Waals surface area contributed by atoms with Crippen molar-refractivity contribution < 1.29 is 9.59 Å². The van der Waals surface area contributed by atoms with Gasteiger partial charge in [-0.15, -0.1) is 0 Å². The Kier molecular flexibility index (Phi) is 4.77. The van der Waals surface area contributed by atoms with Crippen LogP contribution in [0.3, 0.4) is 0 Å². The Morgan fingerprint density at radius 3 is 2.57 bits per heavy atom. The molecule has 0 atom stereocenters. The molecule has 0 aliphatic carbocycles. The number of anilines is 2. The number of nitrogens with two attached hydrogens (primary N) is 1. The first-order chi connectivity index (χ1) is 13.5. The Hall–Kier alpha value is -3.28. The maximum Gasteiger partial charge on any atom is 0.272 e. The first kappa shape index (κ1) is 18.1. The zero-order valence-corrected chi connectivity index (χ0v) is 15.9. The molecule has 0 spiro atoms. The monoisotopic (exact) mass is 376 g/mol. The van der Waals surface area contributed by atoms with Crippen molar-refractivity contribution in [3.8, 4) is 0 Å². The molecule has 3 aromatic rings. The minimum Gasteiger partial charge on any atom is -0.370 e. The van der Waals surface area contributed by atoms with Gasteiger partial charge in [0.25, 0.3) is 5.91 Å². The number of H-pyrrole nitrogens is 1. The normalized spacial score (nSPS) is 14.2. The van der Waals surface area contributed by atoms with Crippen LogP contribution in [0.2, 0.25) is 0 Å². The Labute approximate surface area is 163 Å². The van der Waals surface area contributed by atoms with Gasteiger partial charge in [-0.05, 0) is 62.1 Å². The maximum absolute atomic E-state index is 12.9. The molecule has 1 saturated heterocycles. The smallest absolute Gasteiger partial charge is 0.272 e. The molecule has 28 heavy (non-hydrogen) atoms. The number of primary amides is 1. The van der Waals surface area contributed by atoms with E-state index >= 15 is 0 Å². The summed E-state index contributed by atoms with van der Waals surface area (Å²) in [6.45, 7) is 3.88. The number of fused-ring (bicyclic) bond motifs is 1. The lowest BCUT2D eigenvalue weighted by Gasteiger charge is -2.30. The summed E-state index contributed by atoms with van der Waals surface area (Å²) in [5.74, 6) is -0.754. The van der Waals surface area contributed by atoms with E-state index in [9.17, 15) is 9.59 Å². The molecule has 144 valence electrons. The average Bonchev–Trinajstić information content (AvgIpc) is 3.12. The summed E-state index contributed by atoms with van der Waals surface area (Å²) >= 11 is 0. The van der Waals surface area contributed by atoms with Crippen LogP contribution in [-0.4, -0.2) is 29.9 Å². The Morgan fingerprint density at radius 2 is 1.82 bits per heavy atom. The number of aromatic nitrogens is 1. The zero-order valence-electron chi connectivity index (χ0n) is 15.9. The summed E-state index contributed by atoms with van der Waals surface area (Å²) in [4.78, 5) is 30.0. The Morgan fingerprint density at radius 1 is 1.04 bits per heavy atom. The fraction of sp³-hybridized carbons (Fsp3) is 0.273. The molecule has 1 aliphatic heterocycles. The van der Waals surface area contributed by atoms with Gasteiger partial charge in [0.1, 0.15) is 5.69 Å². The number of hydrogen-bond donors (Lipinski definition) is 3. The molecule has 6 heteroatoms. The van der Waals surface area contributed by atoms with Crippen LogP contribution in [0.15, 0.2) is 42.5 Å². The van der Waals surface area contributed by atoms with E-state index in [1.807, 2.05) is 37.3 Å². The topological polar surface area (TPSA) is 91.2 Å². The minimum absolute atomic E-state index is 0.242. The van der Waals surface area contributed by atoms with Crippen molar-refractivity contribution in [2.24, 2.45) is 5.73 Å². The van der Waals surface area contributed by atoms with Crippen LogP contribution < -0.4 is 16.0 Å². The molecular weight excluding hydrogens is 352 g/mol. The lowest BCUT2D eigenvalue weighted by atomic mass is 10.1. The zero-order chi connectivity index (χ0) is 19.7. The van der Waals surface area contributed by atoms with Crippen LogP contribution in [0.4, 0.5) is 11.4 Å². The molecule has 0 saturated carbocycles. The summed E-state index contributed by atoms with van der Waals surface area (Å²) < 4.78 is 0. The number of aryl methyl sites for hydroxylation is 1. The van der Waals surface area contributed by atoms with E-state index in [-0.39, 0.29) is 5.91 Å². The minimum atomic E-state index is -0.512. The van der Waals surface area contributed by atoms with E-state index in [0.29, 0.717) is 16.9 Å². The second-order valence-corrected chi connectivity index (χ2v) is 7.37. The molecule has 1 aromatic heterocycles. The van der Waals surface area contributed by atoms with Crippen LogP contribution in [0, 0.1) is 6.92 Å². The predicted molar refractivity (Wildman–Crippen MR) is 112 cm³/mol. The van der Waals surface area contributed by atoms with E-state index in [1.165, 1.54) is 6.42 Å². The van der Waals surface area contributed by atoms with Crippen molar-refractivity contribution in [2.45, 2.75) is 26.2 Å². The average molecular weight is 376 g/mol. The lowest BCUT2D eigenvalue weighted by Crippen LogP contribution is -2.30. The van der Waals surface area contributed by atoms with Gasteiger partial charge in [-0.3, -0.25) is 9.59 Å². The number of aromatic amines is 1. The molecule has 1 aliphatic rings. The fourth-order valence-electron chi connectivity index (χ4n) is 3.75. The fourth-order valence-corrected chi connectivity index (χ4v) is 3.75. The molecule has 2 amide bonds. The number of nitrogens with zero attached hydrogens (tertiary/aromatic N) is 1. The van der Waals surface area contributed by atoms with E-state index in [4.69, 9.17) is 5.73 Å². The first-order valence-electron chi connectivity index (χ1n) is 9.61. The number of carbonyl (C=O) groups is 2. The van der Waals surface area contributed by atoms with Gasteiger partial charge in [0, 0.05) is 29.6 Å². The number of nitrogens with one attached hydrogen (secondary N) is 2. The third kappa shape index (κ3) is 3.58. The number of piperidine rings is 1. The third-order valence-electron chi connectivity index (χ3n) is 5.25. The quantitative estimate of drug-likeness (QED) is 0.646. The SMILES string of the molecule is Cc1ccc2cc(C(=O)Nc3cc(C(N)=O)ccc3N3CCCCC3)[nH]c2c1. The molecular formula is C22H24N4O2. The van der Waals surface area contributed by atoms with Gasteiger partial charge in [-0.2, -0.15) is 0 Å². The highest BCUT2D eigenvalue weighted by atomic mass is 16.2. The highest BCUT2D eigenvalue weighted by Gasteiger charge is 2.19. The number of benzene rings is 2. The van der Waals surface area contributed by atoms with Gasteiger partial charge in [0.15, 0.2) is 0 Å². The van der Waals surface area contributed by atoms with Crippen molar-refractivity contribution in [2.75, 3.05) is 23.3 Å². The van der Waals surface area contributed by atoms with E-state index < -0.39 is 5.91 Å². The summed E-state index contributed by atoms with van der Waals surface area (Å²) in [5, 5.41) is 3.96. The van der Waals surface area contributed by atoms with Crippen LogP contribution in [0.25, 0.3) is 10.9 Å². The molecule has 6 nitrogen and oxygen atoms in total. The Balaban J connectivity index is 1.66. The molecule has 1 fully saturated rings. The highest BCUT2D eigenvalue weighted by molar-refractivity contribution is 6.08. The van der Waals surface area contributed by atoms with Gasteiger partial charge < -0.3 is 20.9 Å². The highest BCUT2D eigenvalue weighted by Crippen LogP contribution is 2.30. The summed E-state index contributed by atoms with van der Waals surface area (Å²) in [6.07, 6.45) is 3.45. The van der Waals surface area contributed by atoms with Gasteiger partial charge in [0.2, 0.25) is 5.91 Å². The third-order valence-corrected chi connectivity index (χ3v) is 5.25. The number of amides is 2. The molecule has 4 N–H and O–H groups in total. The molecule has 2 heterocycles. The predicted octanol–water partition coefficient (Wildman–Crippen LogP) is 3.82. The summed E-state index contributed by atoms with van der Waals surface area (Å²) in [7, 11) is 0. The van der Waals surface area contributed by atoms with Gasteiger partial charge in [-0.25, -0.2) is 0 Å². The van der Waals surface area contributed by atoms with Crippen LogP contribution in [0.5, 0.6) is 0 Å². The van der Waals surface area contributed by atoms with Crippen molar-refractivity contribution in [3.63, 3.8) is 0 Å². The molecule has 0 bridgehead atoms. The van der Waals surface area contributed by atoms with Crippen molar-refractivity contribution >= 4 is 34.1 Å². The van der Waals surface area contributed by atoms with Crippen LogP contribution in [0.1, 0.15) is 45.7 Å². The van der Waals surface area contributed by atoms with Crippen molar-refractivity contribution in [3.05, 3.63) is 59.3 Å². The summed E-state index contributed by atoms with van der Waals surface area (Å²) in [5.41, 5.74) is 9.89. The summed E-state index contributed by atoms with van der Waals surface area (Å²) in [6, 6.07) is 13.1. The van der Waals surface area contributed by atoms with Crippen molar-refractivity contribution in [1.82, 2.24) is 4.98 Å². The molecule has 0 unspecified atom stereocenters. The molecule has 2 aromatic carbocycles. The van der Waals surface area contributed by atoms with Crippen molar-refractivity contribution in [1.29, 1.82) is 0 Å². The largest absolute Gasteiger partial charge is 0.370 e. The maximum atomic E-state index is 12.9. The number of rotatable bonds is 4. The van der Waals surface area contributed by atoms with E-state index in [0.717, 1.165) is 48.1 Å². The second kappa shape index (κ2) is 7.38. The second-order valence-electron chi connectivity index (χ2n) is 7.37. The van der Waals surface area contributed by atoms with E-state index in [1.54, 1.807) is 12.1 Å². The van der Waals surface area contributed by atoms with Crippen LogP contribution >= 0.6 is 0 Å². The standard InChI is InChI=1S/C22H24N4O2/c1-14-5-6-15-12-19(24-17(15)11-14)22(28)25-18-13-16(21(23)27)7-8-20(18)26-9-3-2-4-10-26/h5-8,11-13,24H,2-4,9-10H2,1H3,(H2,23,27)(H,25,28). The number of hydrogen-bond acceptors (Lipinski definition) is 3. The Bertz CT molecular complexity index is 1050. The molecule has 0 radical (unpaired) electrons. The van der Waals surface area contributed by atoms with Gasteiger partial charge in [-0.1, -0.05) is 12.1 Å². The first-order valence-corrected chi connectivity index (χ1v) is 9.61.